The van der Waals surface area contributed by atoms with E-state index in [1.165, 1.54) is 30.6 Å². The van der Waals surface area contributed by atoms with Crippen molar-refractivity contribution in [3.05, 3.63) is 24.0 Å². The Morgan fingerprint density at radius 3 is 2.76 bits per heavy atom. The summed E-state index contributed by atoms with van der Waals surface area (Å²) in [6.07, 6.45) is 5.89. The van der Waals surface area contributed by atoms with Gasteiger partial charge in [-0.2, -0.15) is 0 Å². The van der Waals surface area contributed by atoms with Gasteiger partial charge < -0.3 is 15.0 Å². The summed E-state index contributed by atoms with van der Waals surface area (Å²) in [5.41, 5.74) is 8.55. The van der Waals surface area contributed by atoms with Gasteiger partial charge in [-0.15, -0.1) is 0 Å². The number of nitrogens with two attached hydrogens (primary N) is 1. The molecule has 21 heavy (non-hydrogen) atoms. The zero-order chi connectivity index (χ0) is 14.9. The molecule has 1 aliphatic carbocycles. The molecular weight excluding hydrogens is 262 g/mol. The summed E-state index contributed by atoms with van der Waals surface area (Å²) in [5, 5.41) is 0. The van der Waals surface area contributed by atoms with Crippen LogP contribution in [0.1, 0.15) is 38.4 Å². The number of hydrogen-bond acceptors (Lipinski definition) is 3. The molecule has 114 valence electrons. The van der Waals surface area contributed by atoms with E-state index in [0.29, 0.717) is 0 Å². The van der Waals surface area contributed by atoms with Crippen molar-refractivity contribution in [1.29, 1.82) is 0 Å². The normalized spacial score (nSPS) is 16.9. The van der Waals surface area contributed by atoms with Gasteiger partial charge in [0.15, 0.2) is 0 Å². The predicted octanol–water partition coefficient (Wildman–Crippen LogP) is 3.13. The number of rotatable bonds is 6. The van der Waals surface area contributed by atoms with Gasteiger partial charge in [-0.3, -0.25) is 0 Å². The van der Waals surface area contributed by atoms with Crippen molar-refractivity contribution in [2.75, 3.05) is 13.7 Å². The summed E-state index contributed by atoms with van der Waals surface area (Å²) in [5.74, 6) is 2.05. The highest BCUT2D eigenvalue weighted by Gasteiger charge is 2.37. The Morgan fingerprint density at radius 1 is 1.38 bits per heavy atom. The second-order valence-corrected chi connectivity index (χ2v) is 6.27. The molecule has 0 bridgehead atoms. The standard InChI is InChI=1S/C17H25N3O/c1-3-9-20-15-6-5-13(21-2)10-14(15)19-16(20)11-17(12-18)7-4-8-17/h5-6,10H,3-4,7-9,11-12,18H2,1-2H3. The Morgan fingerprint density at radius 2 is 2.19 bits per heavy atom. The number of benzene rings is 1. The van der Waals surface area contributed by atoms with Crippen molar-refractivity contribution in [2.24, 2.45) is 11.1 Å². The van der Waals surface area contributed by atoms with E-state index < -0.39 is 0 Å². The van der Waals surface area contributed by atoms with E-state index in [1.807, 2.05) is 12.1 Å². The first-order valence-corrected chi connectivity index (χ1v) is 7.94. The van der Waals surface area contributed by atoms with Gasteiger partial charge in [-0.25, -0.2) is 4.98 Å². The van der Waals surface area contributed by atoms with Gasteiger partial charge in [0.1, 0.15) is 11.6 Å². The van der Waals surface area contributed by atoms with Gasteiger partial charge in [0.25, 0.3) is 0 Å². The van der Waals surface area contributed by atoms with Crippen LogP contribution in [-0.4, -0.2) is 23.2 Å². The molecule has 4 nitrogen and oxygen atoms in total. The SMILES string of the molecule is CCCn1c(CC2(CN)CCC2)nc2cc(OC)ccc21. The Hall–Kier alpha value is -1.55. The fourth-order valence-corrected chi connectivity index (χ4v) is 3.36. The lowest BCUT2D eigenvalue weighted by Gasteiger charge is -2.40. The van der Waals surface area contributed by atoms with E-state index in [4.69, 9.17) is 15.5 Å². The molecule has 0 saturated heterocycles. The van der Waals surface area contributed by atoms with E-state index in [9.17, 15) is 0 Å². The number of nitrogens with zero attached hydrogens (tertiary/aromatic N) is 2. The number of fused-ring (bicyclic) bond motifs is 1. The van der Waals surface area contributed by atoms with E-state index in [1.54, 1.807) is 7.11 Å². The topological polar surface area (TPSA) is 53.1 Å². The van der Waals surface area contributed by atoms with Crippen LogP contribution < -0.4 is 10.5 Å². The van der Waals surface area contributed by atoms with E-state index in [-0.39, 0.29) is 5.41 Å². The summed E-state index contributed by atoms with van der Waals surface area (Å²) >= 11 is 0. The quantitative estimate of drug-likeness (QED) is 0.888. The van der Waals surface area contributed by atoms with E-state index >= 15 is 0 Å². The highest BCUT2D eigenvalue weighted by atomic mass is 16.5. The zero-order valence-corrected chi connectivity index (χ0v) is 13.1. The molecule has 2 aromatic rings. The second-order valence-electron chi connectivity index (χ2n) is 6.27. The number of ether oxygens (including phenoxy) is 1. The Bertz CT molecular complexity index is 623. The van der Waals surface area contributed by atoms with Crippen LogP contribution in [0.2, 0.25) is 0 Å². The lowest BCUT2D eigenvalue weighted by Crippen LogP contribution is -2.39. The number of methoxy groups -OCH3 is 1. The van der Waals surface area contributed by atoms with Crippen LogP contribution in [0.3, 0.4) is 0 Å². The van der Waals surface area contributed by atoms with Crippen molar-refractivity contribution in [3.8, 4) is 5.75 Å². The third-order valence-electron chi connectivity index (χ3n) is 4.86. The Labute approximate surface area is 126 Å². The summed E-state index contributed by atoms with van der Waals surface area (Å²) in [6, 6.07) is 6.17. The van der Waals surface area contributed by atoms with Gasteiger partial charge in [0, 0.05) is 19.0 Å². The Balaban J connectivity index is 2.01. The summed E-state index contributed by atoms with van der Waals surface area (Å²) in [4.78, 5) is 4.88. The smallest absolute Gasteiger partial charge is 0.121 e. The van der Waals surface area contributed by atoms with Gasteiger partial charge in [0.05, 0.1) is 18.1 Å². The molecule has 0 unspecified atom stereocenters. The number of aryl methyl sites for hydroxylation is 1. The monoisotopic (exact) mass is 287 g/mol. The molecule has 1 aromatic carbocycles. The van der Waals surface area contributed by atoms with E-state index in [2.05, 4.69) is 17.6 Å². The average molecular weight is 287 g/mol. The third-order valence-corrected chi connectivity index (χ3v) is 4.86. The number of imidazole rings is 1. The van der Waals surface area contributed by atoms with Crippen LogP contribution in [0.25, 0.3) is 11.0 Å². The fourth-order valence-electron chi connectivity index (χ4n) is 3.36. The van der Waals surface area contributed by atoms with Gasteiger partial charge >= 0.3 is 0 Å². The third kappa shape index (κ3) is 2.53. The van der Waals surface area contributed by atoms with Crippen molar-refractivity contribution in [2.45, 2.75) is 45.6 Å². The Kier molecular flexibility index (Phi) is 3.89. The lowest BCUT2D eigenvalue weighted by atomic mass is 9.66. The van der Waals surface area contributed by atoms with Crippen LogP contribution >= 0.6 is 0 Å². The molecule has 0 atom stereocenters. The molecule has 1 fully saturated rings. The van der Waals surface area contributed by atoms with Crippen LogP contribution in [0.15, 0.2) is 18.2 Å². The first-order valence-electron chi connectivity index (χ1n) is 7.94. The number of hydrogen-bond donors (Lipinski definition) is 1. The summed E-state index contributed by atoms with van der Waals surface area (Å²) in [7, 11) is 1.70. The van der Waals surface area contributed by atoms with Gasteiger partial charge in [-0.1, -0.05) is 13.3 Å². The maximum Gasteiger partial charge on any atom is 0.121 e. The molecule has 0 aliphatic heterocycles. The number of aromatic nitrogens is 2. The zero-order valence-electron chi connectivity index (χ0n) is 13.1. The predicted molar refractivity (Wildman–Crippen MR) is 85.6 cm³/mol. The van der Waals surface area contributed by atoms with Crippen molar-refractivity contribution in [3.63, 3.8) is 0 Å². The van der Waals surface area contributed by atoms with Gasteiger partial charge in [0.2, 0.25) is 0 Å². The highest BCUT2D eigenvalue weighted by molar-refractivity contribution is 5.77. The second kappa shape index (κ2) is 5.68. The first kappa shape index (κ1) is 14.4. The van der Waals surface area contributed by atoms with Crippen LogP contribution in [0.5, 0.6) is 5.75 Å². The molecule has 1 aliphatic rings. The molecule has 0 amide bonds. The van der Waals surface area contributed by atoms with E-state index in [0.717, 1.165) is 37.2 Å². The van der Waals surface area contributed by atoms with Crippen LogP contribution in [0.4, 0.5) is 0 Å². The molecule has 1 saturated carbocycles. The molecule has 3 rings (SSSR count). The average Bonchev–Trinajstić information content (AvgIpc) is 2.80. The maximum atomic E-state index is 6.02. The summed E-state index contributed by atoms with van der Waals surface area (Å²) in [6.45, 7) is 3.99. The molecule has 2 N–H and O–H groups in total. The molecule has 1 aromatic heterocycles. The molecule has 1 heterocycles. The molecular formula is C17H25N3O. The summed E-state index contributed by atoms with van der Waals surface area (Å²) < 4.78 is 7.68. The molecule has 0 spiro atoms. The van der Waals surface area contributed by atoms with Crippen molar-refractivity contribution < 1.29 is 4.74 Å². The highest BCUT2D eigenvalue weighted by Crippen LogP contribution is 2.43. The maximum absolute atomic E-state index is 6.02. The van der Waals surface area contributed by atoms with Crippen LogP contribution in [0, 0.1) is 5.41 Å². The van der Waals surface area contributed by atoms with Crippen LogP contribution in [-0.2, 0) is 13.0 Å². The van der Waals surface area contributed by atoms with Crippen molar-refractivity contribution in [1.82, 2.24) is 9.55 Å². The molecule has 4 heteroatoms. The fraction of sp³-hybridized carbons (Fsp3) is 0.588. The van der Waals surface area contributed by atoms with Gasteiger partial charge in [-0.05, 0) is 43.4 Å². The first-order chi connectivity index (χ1) is 10.2. The largest absolute Gasteiger partial charge is 0.497 e. The lowest BCUT2D eigenvalue weighted by molar-refractivity contribution is 0.140. The van der Waals surface area contributed by atoms with Crippen molar-refractivity contribution >= 4 is 11.0 Å². The minimum Gasteiger partial charge on any atom is -0.497 e. The minimum atomic E-state index is 0.289. The minimum absolute atomic E-state index is 0.289. The molecule has 0 radical (unpaired) electrons.